The van der Waals surface area contributed by atoms with Gasteiger partial charge in [0.05, 0.1) is 36.2 Å². The van der Waals surface area contributed by atoms with Gasteiger partial charge >= 0.3 is 0 Å². The van der Waals surface area contributed by atoms with Crippen LogP contribution in [-0.4, -0.2) is 40.7 Å². The maximum absolute atomic E-state index is 14.3. The number of aromatic nitrogens is 2. The highest BCUT2D eigenvalue weighted by molar-refractivity contribution is 6.07. The molecule has 0 fully saturated rings. The third-order valence-electron chi connectivity index (χ3n) is 6.72. The van der Waals surface area contributed by atoms with E-state index < -0.39 is 11.9 Å². The number of benzene rings is 3. The van der Waals surface area contributed by atoms with E-state index in [0.29, 0.717) is 51.1 Å². The van der Waals surface area contributed by atoms with Gasteiger partial charge in [-0.1, -0.05) is 24.3 Å². The summed E-state index contributed by atoms with van der Waals surface area (Å²) in [6, 6.07) is 20.4. The molecule has 38 heavy (non-hydrogen) atoms. The number of para-hydroxylation sites is 1. The summed E-state index contributed by atoms with van der Waals surface area (Å²) in [7, 11) is 1.55. The van der Waals surface area contributed by atoms with Crippen molar-refractivity contribution >= 4 is 38.7 Å². The maximum atomic E-state index is 14.3. The lowest BCUT2D eigenvalue weighted by molar-refractivity contribution is 0.0918. The number of furan rings is 1. The van der Waals surface area contributed by atoms with Crippen LogP contribution >= 0.6 is 0 Å². The number of hydrogen-bond donors (Lipinski definition) is 3. The molecular weight excluding hydrogens is 485 g/mol. The van der Waals surface area contributed by atoms with Gasteiger partial charge in [-0.3, -0.25) is 4.79 Å². The Morgan fingerprint density at radius 3 is 2.76 bits per heavy atom. The van der Waals surface area contributed by atoms with Crippen molar-refractivity contribution < 1.29 is 23.4 Å². The van der Waals surface area contributed by atoms with Gasteiger partial charge < -0.3 is 24.6 Å². The third kappa shape index (κ3) is 4.25. The van der Waals surface area contributed by atoms with E-state index in [1.807, 2.05) is 30.5 Å². The number of pyridine rings is 1. The Kier molecular flexibility index (Phi) is 6.01. The zero-order chi connectivity index (χ0) is 26.2. The molecule has 0 saturated carbocycles. The molecule has 3 aromatic carbocycles. The quantitative estimate of drug-likeness (QED) is 0.260. The van der Waals surface area contributed by atoms with E-state index in [0.717, 1.165) is 16.5 Å². The standard InChI is InChI=1S/C30H24FN3O4/c1-37-19-9-10-26-21(12-19)22(13-27(34-26)29-14-23-24(31)6-4-8-28(23)38-29)30(36)33-18(16-35)11-17-15-32-25-7-3-2-5-20(17)25/h2-10,12-15,18,32,35H,11,16H2,1H3,(H,33,36). The molecule has 0 radical (unpaired) electrons. The second kappa shape index (κ2) is 9.64. The smallest absolute Gasteiger partial charge is 0.252 e. The third-order valence-corrected chi connectivity index (χ3v) is 6.72. The average Bonchev–Trinajstić information content (AvgIpc) is 3.57. The molecular formula is C30H24FN3O4. The van der Waals surface area contributed by atoms with Crippen molar-refractivity contribution in [1.29, 1.82) is 0 Å². The molecule has 0 aliphatic rings. The summed E-state index contributed by atoms with van der Waals surface area (Å²) in [6.45, 7) is -0.243. The molecule has 6 aromatic rings. The molecule has 0 spiro atoms. The van der Waals surface area contributed by atoms with Gasteiger partial charge in [-0.05, 0) is 60.5 Å². The number of H-pyrrole nitrogens is 1. The van der Waals surface area contributed by atoms with Crippen molar-refractivity contribution in [2.45, 2.75) is 12.5 Å². The lowest BCUT2D eigenvalue weighted by Crippen LogP contribution is -2.39. The minimum Gasteiger partial charge on any atom is -0.497 e. The first-order valence-electron chi connectivity index (χ1n) is 12.2. The number of aromatic amines is 1. The second-order valence-corrected chi connectivity index (χ2v) is 9.12. The topological polar surface area (TPSA) is 100 Å². The summed E-state index contributed by atoms with van der Waals surface area (Å²) in [4.78, 5) is 21.5. The Hall–Kier alpha value is -4.69. The number of hydrogen-bond acceptors (Lipinski definition) is 5. The molecule has 7 nitrogen and oxygen atoms in total. The number of aliphatic hydroxyl groups excluding tert-OH is 1. The predicted octanol–water partition coefficient (Wildman–Crippen LogP) is 5.61. The predicted molar refractivity (Wildman–Crippen MR) is 144 cm³/mol. The number of halogens is 1. The average molecular weight is 510 g/mol. The molecule has 1 amide bonds. The van der Waals surface area contributed by atoms with Gasteiger partial charge in [-0.15, -0.1) is 0 Å². The molecule has 0 saturated heterocycles. The highest BCUT2D eigenvalue weighted by Gasteiger charge is 2.21. The maximum Gasteiger partial charge on any atom is 0.252 e. The van der Waals surface area contributed by atoms with E-state index in [-0.39, 0.29) is 12.5 Å². The van der Waals surface area contributed by atoms with Crippen LogP contribution in [0.15, 0.2) is 83.4 Å². The van der Waals surface area contributed by atoms with Crippen molar-refractivity contribution in [3.8, 4) is 17.2 Å². The fourth-order valence-electron chi connectivity index (χ4n) is 4.79. The van der Waals surface area contributed by atoms with Crippen LogP contribution in [0.25, 0.3) is 44.2 Å². The molecule has 190 valence electrons. The molecule has 1 unspecified atom stereocenters. The Labute approximate surface area is 216 Å². The molecule has 8 heteroatoms. The van der Waals surface area contributed by atoms with Crippen molar-refractivity contribution in [3.05, 3.63) is 95.9 Å². The van der Waals surface area contributed by atoms with Gasteiger partial charge in [0.1, 0.15) is 22.8 Å². The van der Waals surface area contributed by atoms with E-state index in [1.165, 1.54) is 6.07 Å². The van der Waals surface area contributed by atoms with E-state index >= 15 is 0 Å². The van der Waals surface area contributed by atoms with Gasteiger partial charge in [-0.2, -0.15) is 0 Å². The summed E-state index contributed by atoms with van der Waals surface area (Å²) in [5.41, 5.74) is 3.65. The van der Waals surface area contributed by atoms with Crippen molar-refractivity contribution in [2.24, 2.45) is 0 Å². The van der Waals surface area contributed by atoms with Crippen molar-refractivity contribution in [3.63, 3.8) is 0 Å². The highest BCUT2D eigenvalue weighted by Crippen LogP contribution is 2.32. The molecule has 0 aliphatic carbocycles. The van der Waals surface area contributed by atoms with E-state index in [9.17, 15) is 14.3 Å². The number of carbonyl (C=O) groups is 1. The number of nitrogens with one attached hydrogen (secondary N) is 2. The van der Waals surface area contributed by atoms with Crippen LogP contribution in [0, 0.1) is 5.82 Å². The van der Waals surface area contributed by atoms with Crippen LogP contribution in [0.3, 0.4) is 0 Å². The monoisotopic (exact) mass is 509 g/mol. The van der Waals surface area contributed by atoms with E-state index in [4.69, 9.17) is 9.15 Å². The fourth-order valence-corrected chi connectivity index (χ4v) is 4.79. The lowest BCUT2D eigenvalue weighted by Gasteiger charge is -2.17. The number of rotatable bonds is 7. The van der Waals surface area contributed by atoms with Crippen LogP contribution in [0.4, 0.5) is 4.39 Å². The largest absolute Gasteiger partial charge is 0.497 e. The first-order chi connectivity index (χ1) is 18.5. The lowest BCUT2D eigenvalue weighted by atomic mass is 10.0. The Balaban J connectivity index is 1.39. The normalized spacial score (nSPS) is 12.3. The highest BCUT2D eigenvalue weighted by atomic mass is 19.1. The summed E-state index contributed by atoms with van der Waals surface area (Å²) in [5.74, 6) is 0.135. The number of nitrogens with zero attached hydrogens (tertiary/aromatic N) is 1. The number of carbonyl (C=O) groups excluding carboxylic acids is 1. The van der Waals surface area contributed by atoms with Gasteiger partial charge in [-0.25, -0.2) is 9.37 Å². The first-order valence-corrected chi connectivity index (χ1v) is 12.2. The Morgan fingerprint density at radius 1 is 1.08 bits per heavy atom. The first kappa shape index (κ1) is 23.7. The Bertz CT molecular complexity index is 1810. The number of fused-ring (bicyclic) bond motifs is 3. The van der Waals surface area contributed by atoms with Gasteiger partial charge in [0, 0.05) is 22.5 Å². The summed E-state index contributed by atoms with van der Waals surface area (Å²) >= 11 is 0. The summed E-state index contributed by atoms with van der Waals surface area (Å²) in [6.07, 6.45) is 2.33. The number of amides is 1. The van der Waals surface area contributed by atoms with E-state index in [2.05, 4.69) is 15.3 Å². The second-order valence-electron chi connectivity index (χ2n) is 9.12. The van der Waals surface area contributed by atoms with Crippen molar-refractivity contribution in [1.82, 2.24) is 15.3 Å². The molecule has 0 aliphatic heterocycles. The Morgan fingerprint density at radius 2 is 1.95 bits per heavy atom. The minimum absolute atomic E-state index is 0.243. The molecule has 3 aromatic heterocycles. The van der Waals surface area contributed by atoms with Crippen LogP contribution in [0.5, 0.6) is 5.75 Å². The zero-order valence-electron chi connectivity index (χ0n) is 20.5. The van der Waals surface area contributed by atoms with E-state index in [1.54, 1.807) is 49.6 Å². The van der Waals surface area contributed by atoms with Gasteiger partial charge in [0.15, 0.2) is 5.76 Å². The number of aliphatic hydroxyl groups is 1. The van der Waals surface area contributed by atoms with Crippen LogP contribution in [-0.2, 0) is 6.42 Å². The van der Waals surface area contributed by atoms with Crippen molar-refractivity contribution in [2.75, 3.05) is 13.7 Å². The van der Waals surface area contributed by atoms with Gasteiger partial charge in [0.2, 0.25) is 0 Å². The van der Waals surface area contributed by atoms with Crippen LogP contribution < -0.4 is 10.1 Å². The van der Waals surface area contributed by atoms with Crippen LogP contribution in [0.2, 0.25) is 0 Å². The summed E-state index contributed by atoms with van der Waals surface area (Å²) in [5, 5.41) is 15.0. The summed E-state index contributed by atoms with van der Waals surface area (Å²) < 4.78 is 25.6. The number of ether oxygens (including phenoxy) is 1. The number of methoxy groups -OCH3 is 1. The van der Waals surface area contributed by atoms with Crippen LogP contribution in [0.1, 0.15) is 15.9 Å². The zero-order valence-corrected chi connectivity index (χ0v) is 20.5. The molecule has 1 atom stereocenters. The molecule has 6 rings (SSSR count). The van der Waals surface area contributed by atoms with Gasteiger partial charge in [0.25, 0.3) is 5.91 Å². The molecule has 3 N–H and O–H groups in total. The minimum atomic E-state index is -0.528. The fraction of sp³-hybridized carbons (Fsp3) is 0.133. The SMILES string of the molecule is COc1ccc2nc(-c3cc4c(F)cccc4o3)cc(C(=O)NC(CO)Cc3c[nH]c4ccccc34)c2c1. The molecule has 3 heterocycles. The molecule has 0 bridgehead atoms.